The molecule has 0 bridgehead atoms. The van der Waals surface area contributed by atoms with Gasteiger partial charge in [0.15, 0.2) is 0 Å². The van der Waals surface area contributed by atoms with Crippen LogP contribution in [0.1, 0.15) is 233 Å². The summed E-state index contributed by atoms with van der Waals surface area (Å²) in [6.07, 6.45) is 36.3. The molecule has 2 unspecified atom stereocenters. The largest absolute Gasteiger partial charge is 0.462 e. The van der Waals surface area contributed by atoms with Gasteiger partial charge in [-0.15, -0.1) is 0 Å². The third kappa shape index (κ3) is 34.0. The molecule has 0 aromatic carbocycles. The molecule has 0 spiro atoms. The van der Waals surface area contributed by atoms with Crippen LogP contribution in [-0.2, 0) is 19.1 Å². The van der Waals surface area contributed by atoms with Crippen molar-refractivity contribution in [2.75, 3.05) is 26.2 Å². The zero-order chi connectivity index (χ0) is 36.8. The summed E-state index contributed by atoms with van der Waals surface area (Å²) in [6.45, 7) is 11.9. The number of aliphatic hydroxyl groups excluding tert-OH is 1. The number of esters is 2. The smallest absolute Gasteiger partial charge is 0.306 e. The van der Waals surface area contributed by atoms with Gasteiger partial charge < -0.3 is 19.5 Å². The van der Waals surface area contributed by atoms with Gasteiger partial charge in [0.1, 0.15) is 12.2 Å². The zero-order valence-electron chi connectivity index (χ0n) is 34.1. The normalized spacial score (nSPS) is 12.8. The lowest BCUT2D eigenvalue weighted by Gasteiger charge is -2.21. The number of hydrogen-bond donors (Lipinski definition) is 1. The molecular weight excluding hydrogens is 622 g/mol. The fourth-order valence-corrected chi connectivity index (χ4v) is 6.93. The van der Waals surface area contributed by atoms with Crippen LogP contribution in [0.3, 0.4) is 0 Å². The summed E-state index contributed by atoms with van der Waals surface area (Å²) in [5.41, 5.74) is 0. The maximum absolute atomic E-state index is 12.5. The molecule has 0 rings (SSSR count). The Balaban J connectivity index is 4.00. The van der Waals surface area contributed by atoms with Crippen molar-refractivity contribution < 1.29 is 24.2 Å². The highest BCUT2D eigenvalue weighted by molar-refractivity contribution is 5.69. The molecule has 6 heteroatoms. The highest BCUT2D eigenvalue weighted by atomic mass is 16.5. The molecule has 0 radical (unpaired) electrons. The predicted octanol–water partition coefficient (Wildman–Crippen LogP) is 12.7. The number of nitrogens with zero attached hydrogens (tertiary/aromatic N) is 1. The van der Waals surface area contributed by atoms with E-state index in [1.807, 2.05) is 0 Å². The van der Waals surface area contributed by atoms with Crippen molar-refractivity contribution in [3.8, 4) is 0 Å². The molecule has 0 fully saturated rings. The number of ether oxygens (including phenoxy) is 2. The van der Waals surface area contributed by atoms with Crippen molar-refractivity contribution >= 4 is 11.9 Å². The average Bonchev–Trinajstić information content (AvgIpc) is 3.11. The van der Waals surface area contributed by atoms with E-state index in [1.54, 1.807) is 0 Å². The van der Waals surface area contributed by atoms with Gasteiger partial charge in [0, 0.05) is 19.4 Å². The fourth-order valence-electron chi connectivity index (χ4n) is 6.93. The van der Waals surface area contributed by atoms with Gasteiger partial charge >= 0.3 is 11.9 Å². The van der Waals surface area contributed by atoms with Crippen LogP contribution in [0.15, 0.2) is 0 Å². The highest BCUT2D eigenvalue weighted by Crippen LogP contribution is 2.18. The monoisotopic (exact) mass is 710 g/mol. The summed E-state index contributed by atoms with van der Waals surface area (Å²) in [7, 11) is 0. The summed E-state index contributed by atoms with van der Waals surface area (Å²) in [5.74, 6) is 0.00183. The Bertz CT molecular complexity index is 661. The van der Waals surface area contributed by atoms with Crippen molar-refractivity contribution in [2.24, 2.45) is 0 Å². The summed E-state index contributed by atoms with van der Waals surface area (Å²) in [4.78, 5) is 27.4. The van der Waals surface area contributed by atoms with Crippen molar-refractivity contribution in [3.05, 3.63) is 0 Å². The number of hydrogen-bond acceptors (Lipinski definition) is 6. The first-order valence-electron chi connectivity index (χ1n) is 22.2. The van der Waals surface area contributed by atoms with Crippen LogP contribution in [0.5, 0.6) is 0 Å². The van der Waals surface area contributed by atoms with Crippen LogP contribution in [0.25, 0.3) is 0 Å². The second-order valence-corrected chi connectivity index (χ2v) is 15.2. The quantitative estimate of drug-likeness (QED) is 0.0504. The number of unbranched alkanes of at least 4 members (excludes halogenated alkanes) is 20. The van der Waals surface area contributed by atoms with Gasteiger partial charge in [-0.3, -0.25) is 9.59 Å². The van der Waals surface area contributed by atoms with Gasteiger partial charge in [-0.25, -0.2) is 0 Å². The first-order valence-corrected chi connectivity index (χ1v) is 22.2. The molecule has 0 aromatic rings. The Kier molecular flexibility index (Phi) is 38.2. The van der Waals surface area contributed by atoms with Crippen LogP contribution in [0.2, 0.25) is 0 Å². The third-order valence-corrected chi connectivity index (χ3v) is 10.2. The van der Waals surface area contributed by atoms with Crippen molar-refractivity contribution in [1.29, 1.82) is 0 Å². The number of rotatable bonds is 40. The Morgan fingerprint density at radius 3 is 1.12 bits per heavy atom. The van der Waals surface area contributed by atoms with E-state index in [-0.39, 0.29) is 30.8 Å². The molecule has 0 saturated heterocycles. The maximum atomic E-state index is 12.5. The van der Waals surface area contributed by atoms with Crippen molar-refractivity contribution in [2.45, 2.75) is 245 Å². The van der Waals surface area contributed by atoms with Crippen LogP contribution in [0.4, 0.5) is 0 Å². The summed E-state index contributed by atoms with van der Waals surface area (Å²) < 4.78 is 11.8. The Hall–Kier alpha value is -1.14. The van der Waals surface area contributed by atoms with Crippen LogP contribution >= 0.6 is 0 Å². The molecule has 0 heterocycles. The average molecular weight is 710 g/mol. The molecule has 0 aliphatic carbocycles. The first-order chi connectivity index (χ1) is 24.5. The van der Waals surface area contributed by atoms with E-state index < -0.39 is 0 Å². The third-order valence-electron chi connectivity index (χ3n) is 10.2. The molecular formula is C44H87NO5. The number of aliphatic hydroxyl groups is 1. The maximum Gasteiger partial charge on any atom is 0.306 e. The zero-order valence-corrected chi connectivity index (χ0v) is 34.1. The Morgan fingerprint density at radius 2 is 0.740 bits per heavy atom. The second-order valence-electron chi connectivity index (χ2n) is 15.2. The Labute approximate surface area is 312 Å². The van der Waals surface area contributed by atoms with E-state index in [9.17, 15) is 14.7 Å². The molecule has 0 aromatic heterocycles. The molecule has 2 atom stereocenters. The first kappa shape index (κ1) is 48.9. The lowest BCUT2D eigenvalue weighted by atomic mass is 10.0. The van der Waals surface area contributed by atoms with Gasteiger partial charge in [-0.2, -0.15) is 0 Å². The Morgan fingerprint density at radius 1 is 0.420 bits per heavy atom. The van der Waals surface area contributed by atoms with Crippen LogP contribution in [0, 0.1) is 0 Å². The van der Waals surface area contributed by atoms with Gasteiger partial charge in [0.05, 0.1) is 6.61 Å². The summed E-state index contributed by atoms with van der Waals surface area (Å²) in [5, 5.41) is 9.56. The minimum absolute atomic E-state index is 0.000917. The van der Waals surface area contributed by atoms with Gasteiger partial charge in [-0.05, 0) is 77.3 Å². The molecule has 298 valence electrons. The molecule has 0 aliphatic rings. The number of carbonyl (C=O) groups excluding carboxylic acids is 2. The summed E-state index contributed by atoms with van der Waals surface area (Å²) >= 11 is 0. The van der Waals surface area contributed by atoms with E-state index in [2.05, 4.69) is 32.6 Å². The van der Waals surface area contributed by atoms with Crippen LogP contribution < -0.4 is 0 Å². The van der Waals surface area contributed by atoms with Crippen LogP contribution in [-0.4, -0.2) is 60.4 Å². The lowest BCUT2D eigenvalue weighted by molar-refractivity contribution is -0.151. The van der Waals surface area contributed by atoms with Crippen molar-refractivity contribution in [3.63, 3.8) is 0 Å². The molecule has 50 heavy (non-hydrogen) atoms. The molecule has 1 N–H and O–H groups in total. The lowest BCUT2D eigenvalue weighted by Crippen LogP contribution is -2.29. The van der Waals surface area contributed by atoms with Gasteiger partial charge in [-0.1, -0.05) is 156 Å². The topological polar surface area (TPSA) is 76.1 Å². The second kappa shape index (κ2) is 39.1. The molecule has 6 nitrogen and oxygen atoms in total. The van der Waals surface area contributed by atoms with E-state index in [4.69, 9.17) is 9.47 Å². The standard InChI is InChI=1S/C44H87NO5/c1-5-9-13-15-19-25-33-41(31-11-7-3)49-43(47)35-27-21-17-23-29-37-45(39-40-46)38-30-24-18-22-28-36-44(48)50-42(32-12-8-4)34-26-20-16-14-10-6-2/h41-42,46H,5-40H2,1-4H3. The van der Waals surface area contributed by atoms with Gasteiger partial charge in [0.25, 0.3) is 0 Å². The minimum Gasteiger partial charge on any atom is -0.462 e. The van der Waals surface area contributed by atoms with E-state index in [0.717, 1.165) is 122 Å². The number of carbonyl (C=O) groups is 2. The molecule has 0 aliphatic heterocycles. The SMILES string of the molecule is CCCCCCCCC(CCCC)OC(=O)CCCCCCCN(CCO)CCCCCCCC(=O)OC(CCCC)CCCCCCCC. The van der Waals surface area contributed by atoms with E-state index in [0.29, 0.717) is 12.8 Å². The van der Waals surface area contributed by atoms with E-state index in [1.165, 1.54) is 89.9 Å². The van der Waals surface area contributed by atoms with E-state index >= 15 is 0 Å². The van der Waals surface area contributed by atoms with Gasteiger partial charge in [0.2, 0.25) is 0 Å². The predicted molar refractivity (Wildman–Crippen MR) is 214 cm³/mol. The summed E-state index contributed by atoms with van der Waals surface area (Å²) in [6, 6.07) is 0. The van der Waals surface area contributed by atoms with Crippen molar-refractivity contribution in [1.82, 2.24) is 4.90 Å². The highest BCUT2D eigenvalue weighted by Gasteiger charge is 2.15. The molecule has 0 saturated carbocycles. The minimum atomic E-state index is 0.000917. The molecule has 0 amide bonds. The fraction of sp³-hybridized carbons (Fsp3) is 0.955.